The Morgan fingerprint density at radius 2 is 0.925 bits per heavy atom. The lowest BCUT2D eigenvalue weighted by Crippen LogP contribution is -1.99. The van der Waals surface area contributed by atoms with Crippen LogP contribution < -0.4 is 0 Å². The molecule has 0 saturated heterocycles. The summed E-state index contributed by atoms with van der Waals surface area (Å²) in [6.45, 7) is 0. The summed E-state index contributed by atoms with van der Waals surface area (Å²) >= 11 is 1.83. The van der Waals surface area contributed by atoms with Crippen LogP contribution in [0.4, 0.5) is 0 Å². The molecule has 0 N–H and O–H groups in total. The van der Waals surface area contributed by atoms with Gasteiger partial charge in [-0.3, -0.25) is 0 Å². The summed E-state index contributed by atoms with van der Waals surface area (Å²) in [7, 11) is 0. The van der Waals surface area contributed by atoms with Gasteiger partial charge in [-0.1, -0.05) is 146 Å². The maximum absolute atomic E-state index is 5.45. The molecule has 310 valence electrons. The van der Waals surface area contributed by atoms with Gasteiger partial charge >= 0.3 is 0 Å². The predicted octanol–water partition coefficient (Wildman–Crippen LogP) is 17.0. The van der Waals surface area contributed by atoms with Crippen LogP contribution in [0.5, 0.6) is 0 Å². The average molecular weight is 869 g/mol. The van der Waals surface area contributed by atoms with Crippen molar-refractivity contribution in [1.29, 1.82) is 0 Å². The number of rotatable bonds is 4. The summed E-state index contributed by atoms with van der Waals surface area (Å²) in [6.07, 6.45) is 0. The van der Waals surface area contributed by atoms with Crippen molar-refractivity contribution < 1.29 is 0 Å². The van der Waals surface area contributed by atoms with Crippen molar-refractivity contribution in [1.82, 2.24) is 19.1 Å². The number of benzene rings is 11. The van der Waals surface area contributed by atoms with Crippen LogP contribution in [0.3, 0.4) is 0 Å². The first-order chi connectivity index (χ1) is 33.2. The van der Waals surface area contributed by atoms with Crippen molar-refractivity contribution in [3.8, 4) is 33.9 Å². The highest BCUT2D eigenvalue weighted by molar-refractivity contribution is 7.25. The summed E-state index contributed by atoms with van der Waals surface area (Å²) in [5.74, 6) is 0. The molecule has 0 aliphatic heterocycles. The Labute approximate surface area is 387 Å². The van der Waals surface area contributed by atoms with E-state index in [-0.39, 0.29) is 0 Å². The first-order valence-electron chi connectivity index (χ1n) is 22.8. The van der Waals surface area contributed by atoms with E-state index in [1.807, 2.05) is 23.5 Å². The number of nitrogens with zero attached hydrogens (tertiary/aromatic N) is 4. The molecule has 4 aromatic heterocycles. The predicted molar refractivity (Wildman–Crippen MR) is 284 cm³/mol. The summed E-state index contributed by atoms with van der Waals surface area (Å²) in [4.78, 5) is 10.9. The molecule has 4 heterocycles. The van der Waals surface area contributed by atoms with Gasteiger partial charge in [0.25, 0.3) is 0 Å². The third-order valence-corrected chi connectivity index (χ3v) is 15.2. The molecule has 0 unspecified atom stereocenters. The molecule has 4 nitrogen and oxygen atoms in total. The Morgan fingerprint density at radius 3 is 1.79 bits per heavy atom. The normalized spacial score (nSPS) is 12.2. The minimum Gasteiger partial charge on any atom is -0.309 e. The van der Waals surface area contributed by atoms with Crippen LogP contribution in [-0.4, -0.2) is 19.1 Å². The summed E-state index contributed by atoms with van der Waals surface area (Å²) in [5.41, 5.74) is 12.6. The standard InChI is InChI=1S/C62H36N4S/c1-2-16-40-37(14-1)30-32-56-60(40)46-19-4-9-26-54(46)65(56)55-27-11-15-38-34-48-43-17-3-8-25-52(43)66(57(48)36-47(38)55)53-28-13-20-41-42(53)21-12-22-45(41)62-61(63-50-23-6-7-24-51(50)64-62)39-31-33-59-49(35-39)44-18-5-10-29-58(44)67-59/h1-36H. The van der Waals surface area contributed by atoms with Crippen molar-refractivity contribution in [3.63, 3.8) is 0 Å². The van der Waals surface area contributed by atoms with E-state index in [0.717, 1.165) is 66.7 Å². The highest BCUT2D eigenvalue weighted by atomic mass is 32.1. The van der Waals surface area contributed by atoms with Crippen molar-refractivity contribution in [2.24, 2.45) is 0 Å². The van der Waals surface area contributed by atoms with Gasteiger partial charge in [-0.05, 0) is 94.3 Å². The van der Waals surface area contributed by atoms with Crippen LogP contribution >= 0.6 is 11.3 Å². The van der Waals surface area contributed by atoms with Crippen LogP contribution in [0.15, 0.2) is 218 Å². The fraction of sp³-hybridized carbons (Fsp3) is 0. The molecule has 11 aromatic carbocycles. The first kappa shape index (κ1) is 36.7. The van der Waals surface area contributed by atoms with Crippen molar-refractivity contribution in [3.05, 3.63) is 218 Å². The molecule has 5 heteroatoms. The Hall–Kier alpha value is -8.64. The van der Waals surface area contributed by atoms with Crippen LogP contribution in [0.25, 0.3) is 141 Å². The lowest BCUT2D eigenvalue weighted by Gasteiger charge is -2.16. The lowest BCUT2D eigenvalue weighted by molar-refractivity contribution is 1.19. The molecule has 15 aromatic rings. The first-order valence-corrected chi connectivity index (χ1v) is 23.6. The highest BCUT2D eigenvalue weighted by Crippen LogP contribution is 2.44. The van der Waals surface area contributed by atoms with Gasteiger partial charge in [0, 0.05) is 63.6 Å². The number of thiophene rings is 1. The Morgan fingerprint density at radius 1 is 0.313 bits per heavy atom. The number of para-hydroxylation sites is 4. The van der Waals surface area contributed by atoms with Crippen molar-refractivity contribution in [2.75, 3.05) is 0 Å². The zero-order valence-electron chi connectivity index (χ0n) is 36.0. The number of aromatic nitrogens is 4. The molecule has 0 saturated carbocycles. The minimum atomic E-state index is 0.872. The van der Waals surface area contributed by atoms with Gasteiger partial charge in [0.05, 0.1) is 55.9 Å². The molecule has 0 bridgehead atoms. The zero-order valence-corrected chi connectivity index (χ0v) is 36.8. The number of hydrogen-bond donors (Lipinski definition) is 0. The Kier molecular flexibility index (Phi) is 7.63. The van der Waals surface area contributed by atoms with E-state index in [0.29, 0.717) is 0 Å². The van der Waals surface area contributed by atoms with Gasteiger partial charge in [-0.2, -0.15) is 0 Å². The van der Waals surface area contributed by atoms with Crippen molar-refractivity contribution >= 4 is 118 Å². The molecule has 15 rings (SSSR count). The van der Waals surface area contributed by atoms with Gasteiger partial charge in [-0.25, -0.2) is 9.97 Å². The van der Waals surface area contributed by atoms with E-state index < -0.39 is 0 Å². The van der Waals surface area contributed by atoms with E-state index in [2.05, 4.69) is 215 Å². The van der Waals surface area contributed by atoms with Crippen LogP contribution in [-0.2, 0) is 0 Å². The van der Waals surface area contributed by atoms with Gasteiger partial charge < -0.3 is 9.13 Å². The maximum atomic E-state index is 5.45. The second kappa shape index (κ2) is 13.9. The van der Waals surface area contributed by atoms with E-state index in [1.54, 1.807) is 0 Å². The largest absolute Gasteiger partial charge is 0.309 e. The molecular formula is C62H36N4S. The van der Waals surface area contributed by atoms with Crippen LogP contribution in [0.2, 0.25) is 0 Å². The zero-order chi connectivity index (χ0) is 43.7. The molecule has 0 radical (unpaired) electrons. The quantitative estimate of drug-likeness (QED) is 0.177. The minimum absolute atomic E-state index is 0.872. The van der Waals surface area contributed by atoms with Gasteiger partial charge in [0.1, 0.15) is 0 Å². The molecule has 0 fully saturated rings. The van der Waals surface area contributed by atoms with E-state index in [9.17, 15) is 0 Å². The Bertz CT molecular complexity index is 4590. The highest BCUT2D eigenvalue weighted by Gasteiger charge is 2.22. The molecule has 0 aliphatic rings. The number of hydrogen-bond acceptors (Lipinski definition) is 3. The SMILES string of the molecule is c1cc(-n2c3ccccc3c3c4ccccc4ccc32)c2cc3c(cc2c1)c1ccccc1n3-c1cccc2c(-c3nc4ccccc4nc3-c3ccc4sc5ccccc5c4c3)cccc12. The summed E-state index contributed by atoms with van der Waals surface area (Å²) < 4.78 is 7.51. The van der Waals surface area contributed by atoms with Gasteiger partial charge in [0.2, 0.25) is 0 Å². The fourth-order valence-electron chi connectivity index (χ4n) is 11.1. The maximum Gasteiger partial charge on any atom is 0.0979 e. The average Bonchev–Trinajstić information content (AvgIpc) is 4.04. The number of fused-ring (bicyclic) bond motifs is 14. The fourth-order valence-corrected chi connectivity index (χ4v) is 12.2. The Balaban J connectivity index is 0.983. The smallest absolute Gasteiger partial charge is 0.0979 e. The van der Waals surface area contributed by atoms with Gasteiger partial charge in [0.15, 0.2) is 0 Å². The third-order valence-electron chi connectivity index (χ3n) is 14.1. The second-order valence-electron chi connectivity index (χ2n) is 17.7. The van der Waals surface area contributed by atoms with Crippen LogP contribution in [0, 0.1) is 0 Å². The van der Waals surface area contributed by atoms with E-state index in [4.69, 9.17) is 9.97 Å². The molecule has 67 heavy (non-hydrogen) atoms. The second-order valence-corrected chi connectivity index (χ2v) is 18.7. The topological polar surface area (TPSA) is 35.6 Å². The third kappa shape index (κ3) is 5.29. The molecular weight excluding hydrogens is 833 g/mol. The molecule has 0 atom stereocenters. The monoisotopic (exact) mass is 868 g/mol. The molecule has 0 amide bonds. The lowest BCUT2D eigenvalue weighted by atomic mass is 9.96. The van der Waals surface area contributed by atoms with Gasteiger partial charge in [-0.15, -0.1) is 11.3 Å². The molecule has 0 spiro atoms. The van der Waals surface area contributed by atoms with E-state index in [1.165, 1.54) is 74.3 Å². The molecule has 0 aliphatic carbocycles. The van der Waals surface area contributed by atoms with Crippen LogP contribution in [0.1, 0.15) is 0 Å². The summed E-state index contributed by atoms with van der Waals surface area (Å²) in [6, 6.07) is 79.7. The van der Waals surface area contributed by atoms with Crippen molar-refractivity contribution in [2.45, 2.75) is 0 Å². The summed E-state index contributed by atoms with van der Waals surface area (Å²) in [5, 5.41) is 14.7. The van der Waals surface area contributed by atoms with E-state index >= 15 is 0 Å².